The molecule has 0 aromatic heterocycles. The van der Waals surface area contributed by atoms with Gasteiger partial charge >= 0.3 is 0 Å². The number of nitrogens with two attached hydrogens (primary N) is 1. The molecule has 1 aromatic carbocycles. The molecule has 0 aliphatic rings. The second-order valence-corrected chi connectivity index (χ2v) is 3.70. The summed E-state index contributed by atoms with van der Waals surface area (Å²) in [5, 5.41) is 2.81. The maximum Gasteiger partial charge on any atom is 0.251 e. The van der Waals surface area contributed by atoms with Gasteiger partial charge in [0, 0.05) is 23.2 Å². The fourth-order valence-corrected chi connectivity index (χ4v) is 1.27. The second-order valence-electron chi connectivity index (χ2n) is 3.27. The van der Waals surface area contributed by atoms with E-state index in [4.69, 9.17) is 17.3 Å². The Bertz CT molecular complexity index is 354. The highest BCUT2D eigenvalue weighted by atomic mass is 35.5. The van der Waals surface area contributed by atoms with Crippen molar-refractivity contribution in [3.8, 4) is 0 Å². The van der Waals surface area contributed by atoms with Crippen LogP contribution >= 0.6 is 24.0 Å². The first-order valence-corrected chi connectivity index (χ1v) is 4.87. The Labute approximate surface area is 105 Å². The van der Waals surface area contributed by atoms with Gasteiger partial charge in [0.05, 0.1) is 0 Å². The van der Waals surface area contributed by atoms with Crippen LogP contribution < -0.4 is 11.1 Å². The van der Waals surface area contributed by atoms with Gasteiger partial charge in [0.2, 0.25) is 0 Å². The van der Waals surface area contributed by atoms with E-state index in [1.807, 2.05) is 0 Å². The van der Waals surface area contributed by atoms with E-state index in [0.29, 0.717) is 6.54 Å². The molecule has 6 heteroatoms. The van der Waals surface area contributed by atoms with Crippen molar-refractivity contribution in [2.45, 2.75) is 13.0 Å². The second kappa shape index (κ2) is 6.68. The van der Waals surface area contributed by atoms with Crippen LogP contribution in [-0.2, 0) is 0 Å². The van der Waals surface area contributed by atoms with Gasteiger partial charge in [-0.2, -0.15) is 0 Å². The standard InChI is InChI=1S/C10H12ClFN2O.ClH/c1-6(5-13)14-10(15)7-2-8(11)4-9(12)3-7;/h2-4,6H,5,13H2,1H3,(H,14,15);1H/t6-;/m0./s1. The predicted molar refractivity (Wildman–Crippen MR) is 64.6 cm³/mol. The van der Waals surface area contributed by atoms with Crippen molar-refractivity contribution in [3.05, 3.63) is 34.6 Å². The van der Waals surface area contributed by atoms with Crippen molar-refractivity contribution < 1.29 is 9.18 Å². The first kappa shape index (κ1) is 15.2. The van der Waals surface area contributed by atoms with E-state index in [2.05, 4.69) is 5.32 Å². The zero-order valence-corrected chi connectivity index (χ0v) is 10.2. The molecule has 0 aliphatic carbocycles. The maximum atomic E-state index is 12.9. The number of carbonyl (C=O) groups is 1. The molecule has 0 aliphatic heterocycles. The summed E-state index contributed by atoms with van der Waals surface area (Å²) >= 11 is 5.62. The molecule has 0 spiro atoms. The number of benzene rings is 1. The Morgan fingerprint density at radius 1 is 1.56 bits per heavy atom. The summed E-state index contributed by atoms with van der Waals surface area (Å²) in [5.41, 5.74) is 5.54. The minimum Gasteiger partial charge on any atom is -0.348 e. The van der Waals surface area contributed by atoms with E-state index >= 15 is 0 Å². The van der Waals surface area contributed by atoms with Gasteiger partial charge in [0.25, 0.3) is 5.91 Å². The summed E-state index contributed by atoms with van der Waals surface area (Å²) < 4.78 is 12.9. The molecule has 90 valence electrons. The van der Waals surface area contributed by atoms with Gasteiger partial charge in [0.15, 0.2) is 0 Å². The smallest absolute Gasteiger partial charge is 0.251 e. The Morgan fingerprint density at radius 2 is 2.19 bits per heavy atom. The topological polar surface area (TPSA) is 55.1 Å². The normalized spacial score (nSPS) is 11.5. The van der Waals surface area contributed by atoms with E-state index in [9.17, 15) is 9.18 Å². The van der Waals surface area contributed by atoms with Gasteiger partial charge in [-0.1, -0.05) is 11.6 Å². The van der Waals surface area contributed by atoms with Crippen LogP contribution in [0.5, 0.6) is 0 Å². The molecule has 1 aromatic rings. The molecule has 0 unspecified atom stereocenters. The highest BCUT2D eigenvalue weighted by Crippen LogP contribution is 2.14. The van der Waals surface area contributed by atoms with E-state index in [1.165, 1.54) is 6.07 Å². The third-order valence-electron chi connectivity index (χ3n) is 1.86. The number of amides is 1. The number of hydrogen-bond donors (Lipinski definition) is 2. The minimum atomic E-state index is -0.534. The lowest BCUT2D eigenvalue weighted by atomic mass is 10.2. The predicted octanol–water partition coefficient (Wildman–Crippen LogP) is 1.98. The molecule has 16 heavy (non-hydrogen) atoms. The number of carbonyl (C=O) groups excluding carboxylic acids is 1. The van der Waals surface area contributed by atoms with Crippen LogP contribution in [-0.4, -0.2) is 18.5 Å². The fraction of sp³-hybridized carbons (Fsp3) is 0.300. The lowest BCUT2D eigenvalue weighted by molar-refractivity contribution is 0.0941. The quantitative estimate of drug-likeness (QED) is 0.879. The first-order valence-electron chi connectivity index (χ1n) is 4.50. The molecule has 0 bridgehead atoms. The Hall–Kier alpha value is -0.840. The van der Waals surface area contributed by atoms with E-state index in [0.717, 1.165) is 12.1 Å². The molecule has 0 saturated heterocycles. The van der Waals surface area contributed by atoms with Crippen LogP contribution in [0.4, 0.5) is 4.39 Å². The molecule has 0 heterocycles. The molecule has 1 amide bonds. The Balaban J connectivity index is 0.00000225. The Morgan fingerprint density at radius 3 is 2.69 bits per heavy atom. The van der Waals surface area contributed by atoms with Crippen molar-refractivity contribution in [1.29, 1.82) is 0 Å². The van der Waals surface area contributed by atoms with Crippen molar-refractivity contribution in [2.24, 2.45) is 5.73 Å². The molecular formula is C10H13Cl2FN2O. The monoisotopic (exact) mass is 266 g/mol. The fourth-order valence-electron chi connectivity index (χ4n) is 1.05. The third-order valence-corrected chi connectivity index (χ3v) is 2.07. The number of halogens is 3. The van der Waals surface area contributed by atoms with E-state index in [1.54, 1.807) is 6.92 Å². The van der Waals surface area contributed by atoms with Gasteiger partial charge in [-0.05, 0) is 25.1 Å². The Kier molecular flexibility index (Phi) is 6.33. The number of hydrogen-bond acceptors (Lipinski definition) is 2. The minimum absolute atomic E-state index is 0. The summed E-state index contributed by atoms with van der Waals surface area (Å²) in [6.07, 6.45) is 0. The zero-order valence-electron chi connectivity index (χ0n) is 8.67. The van der Waals surface area contributed by atoms with Gasteiger partial charge in [-0.15, -0.1) is 12.4 Å². The number of rotatable bonds is 3. The average Bonchev–Trinajstić information content (AvgIpc) is 2.16. The molecule has 1 rings (SSSR count). The SMILES string of the molecule is C[C@@H](CN)NC(=O)c1cc(F)cc(Cl)c1.Cl. The summed E-state index contributed by atoms with van der Waals surface area (Å²) in [6, 6.07) is 3.53. The summed E-state index contributed by atoms with van der Waals surface area (Å²) in [6.45, 7) is 2.09. The van der Waals surface area contributed by atoms with Gasteiger partial charge in [-0.3, -0.25) is 4.79 Å². The van der Waals surface area contributed by atoms with Crippen LogP contribution in [0, 0.1) is 5.82 Å². The largest absolute Gasteiger partial charge is 0.348 e. The van der Waals surface area contributed by atoms with Crippen LogP contribution in [0.1, 0.15) is 17.3 Å². The summed E-state index contributed by atoms with van der Waals surface area (Å²) in [7, 11) is 0. The van der Waals surface area contributed by atoms with Gasteiger partial charge in [-0.25, -0.2) is 4.39 Å². The maximum absolute atomic E-state index is 12.9. The van der Waals surface area contributed by atoms with E-state index in [-0.39, 0.29) is 34.9 Å². The molecule has 3 N–H and O–H groups in total. The van der Waals surface area contributed by atoms with E-state index < -0.39 is 5.82 Å². The van der Waals surface area contributed by atoms with Crippen molar-refractivity contribution >= 4 is 29.9 Å². The molecule has 3 nitrogen and oxygen atoms in total. The number of nitrogens with one attached hydrogen (secondary N) is 1. The van der Waals surface area contributed by atoms with Crippen LogP contribution in [0.3, 0.4) is 0 Å². The van der Waals surface area contributed by atoms with Crippen LogP contribution in [0.25, 0.3) is 0 Å². The van der Waals surface area contributed by atoms with Crippen LogP contribution in [0.15, 0.2) is 18.2 Å². The first-order chi connectivity index (χ1) is 7.02. The summed E-state index contributed by atoms with van der Waals surface area (Å²) in [5.74, 6) is -0.914. The molecule has 0 fully saturated rings. The van der Waals surface area contributed by atoms with Gasteiger partial charge in [0.1, 0.15) is 5.82 Å². The zero-order chi connectivity index (χ0) is 11.4. The molecular weight excluding hydrogens is 254 g/mol. The van der Waals surface area contributed by atoms with Crippen LogP contribution in [0.2, 0.25) is 5.02 Å². The van der Waals surface area contributed by atoms with Gasteiger partial charge < -0.3 is 11.1 Å². The molecule has 1 atom stereocenters. The third kappa shape index (κ3) is 4.35. The highest BCUT2D eigenvalue weighted by molar-refractivity contribution is 6.31. The van der Waals surface area contributed by atoms with Crippen molar-refractivity contribution in [3.63, 3.8) is 0 Å². The van der Waals surface area contributed by atoms with Crippen molar-refractivity contribution in [2.75, 3.05) is 6.54 Å². The lowest BCUT2D eigenvalue weighted by Gasteiger charge is -2.11. The summed E-state index contributed by atoms with van der Waals surface area (Å²) in [4.78, 5) is 11.5. The molecule has 0 saturated carbocycles. The lowest BCUT2D eigenvalue weighted by Crippen LogP contribution is -2.37. The molecule has 0 radical (unpaired) electrons. The van der Waals surface area contributed by atoms with Crippen molar-refractivity contribution in [1.82, 2.24) is 5.32 Å². The highest BCUT2D eigenvalue weighted by Gasteiger charge is 2.10. The average molecular weight is 267 g/mol.